The summed E-state index contributed by atoms with van der Waals surface area (Å²) in [6, 6.07) is 7.45. The van der Waals surface area contributed by atoms with E-state index in [1.54, 1.807) is 16.8 Å². The fourth-order valence-corrected chi connectivity index (χ4v) is 2.52. The van der Waals surface area contributed by atoms with Gasteiger partial charge in [0.05, 0.1) is 0 Å². The maximum absolute atomic E-state index is 11.7. The molecule has 1 fully saturated rings. The lowest BCUT2D eigenvalue weighted by atomic mass is 10.2. The maximum Gasteiger partial charge on any atom is 0.228 e. The Morgan fingerprint density at radius 2 is 2.00 bits per heavy atom. The summed E-state index contributed by atoms with van der Waals surface area (Å²) in [4.78, 5) is 26.5. The molecule has 0 aromatic heterocycles. The number of anilines is 2. The van der Waals surface area contributed by atoms with Crippen LogP contribution in [0.5, 0.6) is 0 Å². The van der Waals surface area contributed by atoms with E-state index in [1.807, 2.05) is 24.3 Å². The largest absolute Gasteiger partial charge is 0.316 e. The zero-order valence-corrected chi connectivity index (χ0v) is 12.0. The molecule has 5 heteroatoms. The molecule has 1 aliphatic heterocycles. The summed E-state index contributed by atoms with van der Waals surface area (Å²) in [7, 11) is 1.73. The first-order valence-corrected chi connectivity index (χ1v) is 6.69. The van der Waals surface area contributed by atoms with Gasteiger partial charge in [0.25, 0.3) is 0 Å². The standard InChI is InChI=1S/C13H15BrN2O2/c1-9(17)15(2)11-3-5-12(6-4-11)16-8-10(14)7-13(16)18/h3-6,10H,7-8H2,1-2H3. The van der Waals surface area contributed by atoms with Crippen LogP contribution in [0.25, 0.3) is 0 Å². The Balaban J connectivity index is 2.18. The lowest BCUT2D eigenvalue weighted by Crippen LogP contribution is -2.25. The Morgan fingerprint density at radius 1 is 1.39 bits per heavy atom. The van der Waals surface area contributed by atoms with Crippen molar-refractivity contribution in [3.8, 4) is 0 Å². The highest BCUT2D eigenvalue weighted by molar-refractivity contribution is 9.09. The van der Waals surface area contributed by atoms with Crippen LogP contribution in [0.4, 0.5) is 11.4 Å². The molecule has 1 atom stereocenters. The number of amides is 2. The molecule has 1 aromatic carbocycles. The highest BCUT2D eigenvalue weighted by Crippen LogP contribution is 2.26. The van der Waals surface area contributed by atoms with Gasteiger partial charge in [-0.15, -0.1) is 0 Å². The van der Waals surface area contributed by atoms with Gasteiger partial charge >= 0.3 is 0 Å². The highest BCUT2D eigenvalue weighted by Gasteiger charge is 2.28. The summed E-state index contributed by atoms with van der Waals surface area (Å²) in [6.45, 7) is 2.22. The predicted octanol–water partition coefficient (Wildman–Crippen LogP) is 2.17. The molecule has 0 radical (unpaired) electrons. The number of hydrogen-bond donors (Lipinski definition) is 0. The second-order valence-electron chi connectivity index (χ2n) is 4.40. The molecule has 0 aliphatic carbocycles. The van der Waals surface area contributed by atoms with Crippen LogP contribution >= 0.6 is 15.9 Å². The van der Waals surface area contributed by atoms with Crippen LogP contribution in [0.1, 0.15) is 13.3 Å². The van der Waals surface area contributed by atoms with Crippen molar-refractivity contribution < 1.29 is 9.59 Å². The van der Waals surface area contributed by atoms with Gasteiger partial charge in [-0.05, 0) is 24.3 Å². The van der Waals surface area contributed by atoms with Crippen LogP contribution in [0.2, 0.25) is 0 Å². The summed E-state index contributed by atoms with van der Waals surface area (Å²) in [5.74, 6) is 0.116. The van der Waals surface area contributed by atoms with Gasteiger partial charge in [-0.3, -0.25) is 9.59 Å². The average molecular weight is 311 g/mol. The smallest absolute Gasteiger partial charge is 0.228 e. The number of rotatable bonds is 2. The number of hydrogen-bond acceptors (Lipinski definition) is 2. The summed E-state index contributed by atoms with van der Waals surface area (Å²) < 4.78 is 0. The molecule has 1 aliphatic rings. The molecule has 2 amide bonds. The van der Waals surface area contributed by atoms with Crippen LogP contribution < -0.4 is 9.80 Å². The van der Waals surface area contributed by atoms with Crippen LogP contribution in [0, 0.1) is 0 Å². The van der Waals surface area contributed by atoms with Crippen molar-refractivity contribution in [2.45, 2.75) is 18.2 Å². The molecule has 96 valence electrons. The monoisotopic (exact) mass is 310 g/mol. The quantitative estimate of drug-likeness (QED) is 0.786. The topological polar surface area (TPSA) is 40.6 Å². The number of carbonyl (C=O) groups is 2. The van der Waals surface area contributed by atoms with Crippen LogP contribution in [-0.2, 0) is 9.59 Å². The van der Waals surface area contributed by atoms with Crippen LogP contribution in [0.15, 0.2) is 24.3 Å². The van der Waals surface area contributed by atoms with Crippen LogP contribution in [-0.4, -0.2) is 30.2 Å². The van der Waals surface area contributed by atoms with Crippen molar-refractivity contribution in [1.29, 1.82) is 0 Å². The average Bonchev–Trinajstić information content (AvgIpc) is 2.67. The van der Waals surface area contributed by atoms with E-state index in [2.05, 4.69) is 15.9 Å². The van der Waals surface area contributed by atoms with E-state index >= 15 is 0 Å². The summed E-state index contributed by atoms with van der Waals surface area (Å²) >= 11 is 3.46. The molecule has 0 N–H and O–H groups in total. The minimum atomic E-state index is -0.0134. The van der Waals surface area contributed by atoms with E-state index in [4.69, 9.17) is 0 Å². The lowest BCUT2D eigenvalue weighted by molar-refractivity contribution is -0.117. The molecule has 1 aromatic rings. The molecule has 1 saturated heterocycles. The minimum Gasteiger partial charge on any atom is -0.316 e. The molecule has 0 bridgehead atoms. The van der Waals surface area contributed by atoms with Crippen LogP contribution in [0.3, 0.4) is 0 Å². The Morgan fingerprint density at radius 3 is 2.44 bits per heavy atom. The Hall–Kier alpha value is -1.36. The molecular formula is C13H15BrN2O2. The van der Waals surface area contributed by atoms with Gasteiger partial charge in [-0.2, -0.15) is 0 Å². The highest BCUT2D eigenvalue weighted by atomic mass is 79.9. The van der Waals surface area contributed by atoms with Crippen molar-refractivity contribution >= 4 is 39.1 Å². The first-order chi connectivity index (χ1) is 8.49. The van der Waals surface area contributed by atoms with E-state index in [1.165, 1.54) is 6.92 Å². The number of halogens is 1. The van der Waals surface area contributed by atoms with Crippen molar-refractivity contribution in [2.24, 2.45) is 0 Å². The first-order valence-electron chi connectivity index (χ1n) is 5.78. The third-order valence-corrected chi connectivity index (χ3v) is 3.71. The fraction of sp³-hybridized carbons (Fsp3) is 0.385. The number of alkyl halides is 1. The van der Waals surface area contributed by atoms with Gasteiger partial charge in [0.15, 0.2) is 0 Å². The zero-order chi connectivity index (χ0) is 13.3. The normalized spacial score (nSPS) is 19.2. The number of nitrogens with zero attached hydrogens (tertiary/aromatic N) is 2. The summed E-state index contributed by atoms with van der Waals surface area (Å²) in [5, 5.41) is 0. The third-order valence-electron chi connectivity index (χ3n) is 3.10. The van der Waals surface area contributed by atoms with Crippen molar-refractivity contribution in [3.05, 3.63) is 24.3 Å². The molecule has 2 rings (SSSR count). The van der Waals surface area contributed by atoms with Gasteiger partial charge in [-0.1, -0.05) is 15.9 Å². The van der Waals surface area contributed by atoms with Gasteiger partial charge in [0.2, 0.25) is 11.8 Å². The van der Waals surface area contributed by atoms with Gasteiger partial charge in [0.1, 0.15) is 0 Å². The molecule has 0 saturated carbocycles. The zero-order valence-electron chi connectivity index (χ0n) is 10.4. The first kappa shape index (κ1) is 13.1. The van der Waals surface area contributed by atoms with Gasteiger partial charge < -0.3 is 9.80 Å². The van der Waals surface area contributed by atoms with Gasteiger partial charge in [-0.25, -0.2) is 0 Å². The second kappa shape index (κ2) is 5.10. The molecular weight excluding hydrogens is 296 g/mol. The van der Waals surface area contributed by atoms with Gasteiger partial charge in [0, 0.05) is 43.1 Å². The van der Waals surface area contributed by atoms with E-state index < -0.39 is 0 Å². The van der Waals surface area contributed by atoms with E-state index in [9.17, 15) is 9.59 Å². The lowest BCUT2D eigenvalue weighted by Gasteiger charge is -2.19. The Labute approximate surface area is 115 Å². The summed E-state index contributed by atoms with van der Waals surface area (Å²) in [5.41, 5.74) is 1.70. The SMILES string of the molecule is CC(=O)N(C)c1ccc(N2CC(Br)CC2=O)cc1. The predicted molar refractivity (Wildman–Crippen MR) is 75.2 cm³/mol. The minimum absolute atomic E-state index is 0.0134. The molecule has 1 heterocycles. The van der Waals surface area contributed by atoms with E-state index in [-0.39, 0.29) is 16.6 Å². The van der Waals surface area contributed by atoms with Crippen molar-refractivity contribution in [2.75, 3.05) is 23.4 Å². The van der Waals surface area contributed by atoms with E-state index in [0.717, 1.165) is 11.4 Å². The third kappa shape index (κ3) is 2.56. The summed E-state index contributed by atoms with van der Waals surface area (Å²) in [6.07, 6.45) is 0.537. The maximum atomic E-state index is 11.7. The number of carbonyl (C=O) groups excluding carboxylic acids is 2. The number of benzene rings is 1. The van der Waals surface area contributed by atoms with E-state index in [0.29, 0.717) is 13.0 Å². The Bertz CT molecular complexity index is 472. The second-order valence-corrected chi connectivity index (χ2v) is 5.70. The molecule has 0 spiro atoms. The molecule has 4 nitrogen and oxygen atoms in total. The fourth-order valence-electron chi connectivity index (χ4n) is 1.95. The molecule has 18 heavy (non-hydrogen) atoms. The van der Waals surface area contributed by atoms with Crippen molar-refractivity contribution in [3.63, 3.8) is 0 Å². The van der Waals surface area contributed by atoms with Crippen molar-refractivity contribution in [1.82, 2.24) is 0 Å². The molecule has 1 unspecified atom stereocenters. The Kier molecular flexibility index (Phi) is 3.71.